The maximum Gasteiger partial charge on any atom is 0.416 e. The van der Waals surface area contributed by atoms with Crippen LogP contribution in [0.4, 0.5) is 18.9 Å². The number of esters is 1. The minimum Gasteiger partial charge on any atom is -0.465 e. The third kappa shape index (κ3) is 7.01. The average Bonchev–Trinajstić information content (AvgIpc) is 2.92. The third-order valence-electron chi connectivity index (χ3n) is 7.90. The minimum atomic E-state index is -4.38. The Balaban J connectivity index is 1.33. The first-order valence-electron chi connectivity index (χ1n) is 13.2. The normalized spacial score (nSPS) is 20.7. The van der Waals surface area contributed by atoms with Crippen molar-refractivity contribution in [2.24, 2.45) is 11.8 Å². The molecule has 1 aliphatic heterocycles. The van der Waals surface area contributed by atoms with E-state index in [0.29, 0.717) is 54.5 Å². The van der Waals surface area contributed by atoms with Crippen molar-refractivity contribution in [3.8, 4) is 0 Å². The quantitative estimate of drug-likeness (QED) is 0.391. The Kier molecular flexibility index (Phi) is 9.23. The van der Waals surface area contributed by atoms with Gasteiger partial charge in [-0.2, -0.15) is 13.2 Å². The molecule has 9 heteroatoms. The maximum atomic E-state index is 13.2. The molecule has 4 rings (SSSR count). The summed E-state index contributed by atoms with van der Waals surface area (Å²) in [5.41, 5.74) is 1.25. The molecule has 206 valence electrons. The number of ether oxygens (including phenoxy) is 1. The zero-order chi connectivity index (χ0) is 27.3. The molecule has 2 fully saturated rings. The Morgan fingerprint density at radius 3 is 2.50 bits per heavy atom. The molecule has 0 aromatic heterocycles. The summed E-state index contributed by atoms with van der Waals surface area (Å²) in [4.78, 5) is 27.3. The van der Waals surface area contributed by atoms with Crippen LogP contribution >= 0.6 is 11.6 Å². The second-order valence-electron chi connectivity index (χ2n) is 10.3. The van der Waals surface area contributed by atoms with Crippen LogP contribution in [0.25, 0.3) is 0 Å². The molecule has 2 aromatic carbocycles. The first-order chi connectivity index (χ1) is 18.2. The second-order valence-corrected chi connectivity index (χ2v) is 10.7. The molecule has 0 unspecified atom stereocenters. The van der Waals surface area contributed by atoms with Gasteiger partial charge >= 0.3 is 12.1 Å². The highest BCUT2D eigenvalue weighted by atomic mass is 35.5. The van der Waals surface area contributed by atoms with Gasteiger partial charge in [-0.1, -0.05) is 30.5 Å². The Hall–Kier alpha value is -2.74. The van der Waals surface area contributed by atoms with Gasteiger partial charge in [0, 0.05) is 35.8 Å². The van der Waals surface area contributed by atoms with Crippen LogP contribution in [0.3, 0.4) is 0 Å². The van der Waals surface area contributed by atoms with Crippen molar-refractivity contribution in [3.63, 3.8) is 0 Å². The molecule has 1 amide bonds. The number of carbonyl (C=O) groups is 2. The van der Waals surface area contributed by atoms with Crippen molar-refractivity contribution in [2.45, 2.75) is 63.6 Å². The number of hydrogen-bond acceptors (Lipinski definition) is 4. The lowest BCUT2D eigenvalue weighted by Gasteiger charge is -2.36. The minimum absolute atomic E-state index is 0.0311. The van der Waals surface area contributed by atoms with Gasteiger partial charge in [0.25, 0.3) is 0 Å². The molecular weight excluding hydrogens is 517 g/mol. The zero-order valence-corrected chi connectivity index (χ0v) is 22.3. The summed E-state index contributed by atoms with van der Waals surface area (Å²) in [7, 11) is 1.36. The van der Waals surface area contributed by atoms with Crippen molar-refractivity contribution in [2.75, 3.05) is 25.1 Å². The standard InChI is InChI=1S/C29H34ClF3N2O3/c1-38-28(37)25-12-11-23(30)17-21(25)10-9-19-5-2-3-8-26(19)34-27(36)20-13-15-35(16-14-20)24-7-4-6-22(18-24)29(31,32)33/h4,6-7,11-12,17-20,26H,2-3,5,8-10,13-16H2,1H3,(H,34,36)/t19-,26-/m0/s1. The number of benzene rings is 2. The number of alkyl halides is 3. The van der Waals surface area contributed by atoms with Crippen LogP contribution in [-0.2, 0) is 22.1 Å². The molecule has 0 bridgehead atoms. The fraction of sp³-hybridized carbons (Fsp3) is 0.517. The number of piperidine rings is 1. The van der Waals surface area contributed by atoms with E-state index in [1.165, 1.54) is 19.2 Å². The van der Waals surface area contributed by atoms with Crippen molar-refractivity contribution in [3.05, 3.63) is 64.2 Å². The molecule has 1 aliphatic carbocycles. The van der Waals surface area contributed by atoms with Crippen molar-refractivity contribution < 1.29 is 27.5 Å². The topological polar surface area (TPSA) is 58.6 Å². The lowest BCUT2D eigenvalue weighted by molar-refractivity contribution is -0.137. The lowest BCUT2D eigenvalue weighted by atomic mass is 9.80. The molecule has 2 aliphatic rings. The number of nitrogens with zero attached hydrogens (tertiary/aromatic N) is 1. The second kappa shape index (κ2) is 12.4. The Morgan fingerprint density at radius 1 is 1.05 bits per heavy atom. The van der Waals surface area contributed by atoms with E-state index in [2.05, 4.69) is 5.32 Å². The summed E-state index contributed by atoms with van der Waals surface area (Å²) in [5.74, 6) is -0.217. The van der Waals surface area contributed by atoms with E-state index >= 15 is 0 Å². The van der Waals surface area contributed by atoms with Gasteiger partial charge in [-0.05, 0) is 86.4 Å². The highest BCUT2D eigenvalue weighted by molar-refractivity contribution is 6.30. The maximum absolute atomic E-state index is 13.2. The molecule has 38 heavy (non-hydrogen) atoms. The number of anilines is 1. The van der Waals surface area contributed by atoms with Crippen LogP contribution in [-0.4, -0.2) is 38.1 Å². The average molecular weight is 551 g/mol. The highest BCUT2D eigenvalue weighted by Gasteiger charge is 2.33. The molecule has 1 saturated heterocycles. The number of hydrogen-bond donors (Lipinski definition) is 1. The number of rotatable bonds is 7. The summed E-state index contributed by atoms with van der Waals surface area (Å²) in [6.45, 7) is 1.08. The number of amides is 1. The van der Waals surface area contributed by atoms with Gasteiger partial charge in [-0.15, -0.1) is 0 Å². The van der Waals surface area contributed by atoms with Crippen LogP contribution in [0, 0.1) is 11.8 Å². The number of carbonyl (C=O) groups excluding carboxylic acids is 2. The van der Waals surface area contributed by atoms with Gasteiger partial charge < -0.3 is 15.0 Å². The van der Waals surface area contributed by atoms with Crippen molar-refractivity contribution in [1.82, 2.24) is 5.32 Å². The monoisotopic (exact) mass is 550 g/mol. The predicted octanol–water partition coefficient (Wildman–Crippen LogP) is 6.67. The summed E-state index contributed by atoms with van der Waals surface area (Å²) in [5, 5.41) is 3.86. The number of aryl methyl sites for hydroxylation is 1. The highest BCUT2D eigenvalue weighted by Crippen LogP contribution is 2.34. The van der Waals surface area contributed by atoms with E-state index in [-0.39, 0.29) is 23.8 Å². The van der Waals surface area contributed by atoms with Crippen LogP contribution in [0.2, 0.25) is 5.02 Å². The number of halogens is 4. The summed E-state index contributed by atoms with van der Waals surface area (Å²) < 4.78 is 44.2. The van der Waals surface area contributed by atoms with Crippen LogP contribution < -0.4 is 10.2 Å². The molecule has 5 nitrogen and oxygen atoms in total. The van der Waals surface area contributed by atoms with E-state index in [1.807, 2.05) is 11.0 Å². The number of nitrogens with one attached hydrogen (secondary N) is 1. The smallest absolute Gasteiger partial charge is 0.416 e. The van der Waals surface area contributed by atoms with Gasteiger partial charge in [0.2, 0.25) is 5.91 Å². The molecule has 0 radical (unpaired) electrons. The van der Waals surface area contributed by atoms with E-state index < -0.39 is 11.7 Å². The van der Waals surface area contributed by atoms with Crippen LogP contribution in [0.5, 0.6) is 0 Å². The van der Waals surface area contributed by atoms with Crippen molar-refractivity contribution >= 4 is 29.2 Å². The third-order valence-corrected chi connectivity index (χ3v) is 8.13. The van der Waals surface area contributed by atoms with E-state index in [9.17, 15) is 22.8 Å². The molecule has 2 atom stereocenters. The molecular formula is C29H34ClF3N2O3. The van der Waals surface area contributed by atoms with Crippen LogP contribution in [0.15, 0.2) is 42.5 Å². The Labute approximate surface area is 226 Å². The fourth-order valence-corrected chi connectivity index (χ4v) is 5.94. The molecule has 2 aromatic rings. The first kappa shape index (κ1) is 28.3. The van der Waals surface area contributed by atoms with E-state index in [0.717, 1.165) is 43.7 Å². The Morgan fingerprint density at radius 2 is 1.79 bits per heavy atom. The summed E-state index contributed by atoms with van der Waals surface area (Å²) >= 11 is 6.18. The van der Waals surface area contributed by atoms with Gasteiger partial charge in [-0.3, -0.25) is 4.79 Å². The largest absolute Gasteiger partial charge is 0.465 e. The first-order valence-corrected chi connectivity index (χ1v) is 13.6. The summed E-state index contributed by atoms with van der Waals surface area (Å²) in [6, 6.07) is 10.6. The SMILES string of the molecule is COC(=O)c1ccc(Cl)cc1CC[C@@H]1CCCC[C@@H]1NC(=O)C1CCN(c2cccc(C(F)(F)F)c2)CC1. The van der Waals surface area contributed by atoms with Gasteiger partial charge in [0.15, 0.2) is 0 Å². The fourth-order valence-electron chi connectivity index (χ4n) is 5.74. The lowest BCUT2D eigenvalue weighted by Crippen LogP contribution is -2.47. The van der Waals surface area contributed by atoms with Crippen LogP contribution in [0.1, 0.15) is 66.4 Å². The number of methoxy groups -OCH3 is 1. The van der Waals surface area contributed by atoms with E-state index in [1.54, 1.807) is 18.2 Å². The Bertz CT molecular complexity index is 1130. The molecule has 1 heterocycles. The summed E-state index contributed by atoms with van der Waals surface area (Å²) in [6.07, 6.45) is 2.39. The molecule has 1 N–H and O–H groups in total. The van der Waals surface area contributed by atoms with Gasteiger partial charge in [0.1, 0.15) is 0 Å². The van der Waals surface area contributed by atoms with E-state index in [4.69, 9.17) is 16.3 Å². The molecule has 0 spiro atoms. The molecule has 1 saturated carbocycles. The van der Waals surface area contributed by atoms with Crippen molar-refractivity contribution in [1.29, 1.82) is 0 Å². The zero-order valence-electron chi connectivity index (χ0n) is 21.5. The van der Waals surface area contributed by atoms with Gasteiger partial charge in [-0.25, -0.2) is 4.79 Å². The predicted molar refractivity (Wildman–Crippen MR) is 141 cm³/mol. The van der Waals surface area contributed by atoms with Gasteiger partial charge in [0.05, 0.1) is 18.2 Å².